The number of nitrogens with one attached hydrogen (secondary N) is 1. The van der Waals surface area contributed by atoms with E-state index in [1.165, 1.54) is 37.4 Å². The first-order chi connectivity index (χ1) is 15.8. The van der Waals surface area contributed by atoms with Crippen molar-refractivity contribution in [3.05, 3.63) is 59.2 Å². The fourth-order valence-corrected chi connectivity index (χ4v) is 2.49. The fourth-order valence-electron chi connectivity index (χ4n) is 2.49. The molecule has 0 aromatic heterocycles. The van der Waals surface area contributed by atoms with Crippen molar-refractivity contribution < 1.29 is 49.7 Å². The number of benzene rings is 2. The van der Waals surface area contributed by atoms with E-state index < -0.39 is 24.1 Å². The number of hydrogen-bond acceptors (Lipinski definition) is 6. The summed E-state index contributed by atoms with van der Waals surface area (Å²) in [5.74, 6) is -6.81. The van der Waals surface area contributed by atoms with Crippen LogP contribution in [0, 0.1) is 0 Å². The van der Waals surface area contributed by atoms with Crippen molar-refractivity contribution >= 4 is 12.2 Å². The van der Waals surface area contributed by atoms with Gasteiger partial charge in [-0.25, -0.2) is 10.2 Å². The summed E-state index contributed by atoms with van der Waals surface area (Å²) < 4.78 is 105. The van der Waals surface area contributed by atoms with Gasteiger partial charge in [-0.15, -0.1) is 0 Å². The van der Waals surface area contributed by atoms with Crippen molar-refractivity contribution in [2.45, 2.75) is 31.7 Å². The maximum atomic E-state index is 13.4. The van der Waals surface area contributed by atoms with Crippen LogP contribution in [0.5, 0.6) is 11.5 Å². The SMILES string of the molecule is CCOC(=O)c1ccc(COc2c(/C=N\NC(F)(F)C(F)(F)C(F)(F)F)cccc2OC)cc1. The highest BCUT2D eigenvalue weighted by Crippen LogP contribution is 2.45. The molecule has 1 N–H and O–H groups in total. The molecule has 0 radical (unpaired) electrons. The first-order valence-electron chi connectivity index (χ1n) is 9.52. The third-order valence-corrected chi connectivity index (χ3v) is 4.24. The average molecular weight is 496 g/mol. The number of halogens is 7. The molecule has 0 saturated carbocycles. The molecule has 0 atom stereocenters. The Morgan fingerprint density at radius 1 is 1.03 bits per heavy atom. The van der Waals surface area contributed by atoms with Crippen LogP contribution in [0.1, 0.15) is 28.4 Å². The van der Waals surface area contributed by atoms with Gasteiger partial charge in [0, 0.05) is 5.56 Å². The zero-order valence-corrected chi connectivity index (χ0v) is 17.8. The van der Waals surface area contributed by atoms with Gasteiger partial charge in [-0.3, -0.25) is 0 Å². The lowest BCUT2D eigenvalue weighted by molar-refractivity contribution is -0.361. The minimum atomic E-state index is -6.49. The smallest absolute Gasteiger partial charge is 0.462 e. The van der Waals surface area contributed by atoms with Crippen LogP contribution in [0.25, 0.3) is 0 Å². The van der Waals surface area contributed by atoms with Crippen molar-refractivity contribution in [1.82, 2.24) is 5.43 Å². The number of esters is 1. The summed E-state index contributed by atoms with van der Waals surface area (Å²) in [4.78, 5) is 11.7. The third kappa shape index (κ3) is 6.08. The van der Waals surface area contributed by atoms with E-state index in [9.17, 15) is 35.5 Å². The topological polar surface area (TPSA) is 69.2 Å². The van der Waals surface area contributed by atoms with E-state index in [0.29, 0.717) is 22.8 Å². The van der Waals surface area contributed by atoms with Crippen molar-refractivity contribution in [1.29, 1.82) is 0 Å². The Labute approximate surface area is 189 Å². The molecule has 0 spiro atoms. The van der Waals surface area contributed by atoms with E-state index in [0.717, 1.165) is 0 Å². The van der Waals surface area contributed by atoms with Gasteiger partial charge >= 0.3 is 24.1 Å². The molecule has 0 amide bonds. The molecule has 0 saturated heterocycles. The zero-order chi connectivity index (χ0) is 25.6. The molecule has 34 heavy (non-hydrogen) atoms. The summed E-state index contributed by atoms with van der Waals surface area (Å²) in [5, 5.41) is 2.84. The Hall–Kier alpha value is -3.51. The predicted octanol–water partition coefficient (Wildman–Crippen LogP) is 5.16. The Morgan fingerprint density at radius 3 is 2.24 bits per heavy atom. The van der Waals surface area contributed by atoms with E-state index in [1.807, 2.05) is 0 Å². The Bertz CT molecular complexity index is 1010. The average Bonchev–Trinajstić information content (AvgIpc) is 2.77. The number of carbonyl (C=O) groups is 1. The lowest BCUT2D eigenvalue weighted by Gasteiger charge is -2.27. The van der Waals surface area contributed by atoms with E-state index in [1.54, 1.807) is 19.1 Å². The number of methoxy groups -OCH3 is 1. The minimum Gasteiger partial charge on any atom is -0.493 e. The van der Waals surface area contributed by atoms with Crippen LogP contribution < -0.4 is 14.9 Å². The van der Waals surface area contributed by atoms with Gasteiger partial charge in [0.25, 0.3) is 0 Å². The van der Waals surface area contributed by atoms with Crippen LogP contribution in [0.4, 0.5) is 30.7 Å². The zero-order valence-electron chi connectivity index (χ0n) is 17.8. The van der Waals surface area contributed by atoms with E-state index >= 15 is 0 Å². The number of nitrogens with zero attached hydrogens (tertiary/aromatic N) is 1. The van der Waals surface area contributed by atoms with Crippen molar-refractivity contribution in [3.63, 3.8) is 0 Å². The van der Waals surface area contributed by atoms with Crippen LogP contribution in [0.15, 0.2) is 47.6 Å². The molecule has 0 aliphatic rings. The second-order valence-electron chi connectivity index (χ2n) is 6.60. The largest absolute Gasteiger partial charge is 0.493 e. The van der Waals surface area contributed by atoms with Crippen LogP contribution in [0.2, 0.25) is 0 Å². The normalized spacial score (nSPS) is 12.5. The van der Waals surface area contributed by atoms with Gasteiger partial charge in [-0.2, -0.15) is 35.8 Å². The Kier molecular flexibility index (Phi) is 8.35. The van der Waals surface area contributed by atoms with E-state index in [4.69, 9.17) is 14.2 Å². The van der Waals surface area contributed by atoms with E-state index in [-0.39, 0.29) is 30.3 Å². The minimum absolute atomic E-state index is 0.0454. The molecule has 2 aromatic carbocycles. The molecular formula is C21H19F7N2O4. The fraction of sp³-hybridized carbons (Fsp3) is 0.333. The van der Waals surface area contributed by atoms with Crippen molar-refractivity contribution in [3.8, 4) is 11.5 Å². The highest BCUT2D eigenvalue weighted by Gasteiger charge is 2.73. The molecule has 0 bridgehead atoms. The summed E-state index contributed by atoms with van der Waals surface area (Å²) in [7, 11) is 1.27. The molecule has 2 aromatic rings. The number of rotatable bonds is 10. The number of hydrazone groups is 1. The number of alkyl halides is 7. The van der Waals surface area contributed by atoms with Gasteiger partial charge in [-0.05, 0) is 36.8 Å². The maximum Gasteiger partial charge on any atom is 0.462 e. The van der Waals surface area contributed by atoms with Crippen LogP contribution in [-0.2, 0) is 11.3 Å². The monoisotopic (exact) mass is 496 g/mol. The number of carbonyl (C=O) groups excluding carboxylic acids is 1. The van der Waals surface area contributed by atoms with Gasteiger partial charge in [-0.1, -0.05) is 18.2 Å². The van der Waals surface area contributed by atoms with Gasteiger partial charge < -0.3 is 14.2 Å². The molecule has 2 rings (SSSR count). The van der Waals surface area contributed by atoms with Gasteiger partial charge in [0.15, 0.2) is 11.5 Å². The molecule has 186 valence electrons. The van der Waals surface area contributed by atoms with Crippen molar-refractivity contribution in [2.24, 2.45) is 5.10 Å². The first-order valence-corrected chi connectivity index (χ1v) is 9.52. The molecule has 0 aliphatic carbocycles. The lowest BCUT2D eigenvalue weighted by Crippen LogP contribution is -2.58. The first kappa shape index (κ1) is 26.7. The second-order valence-corrected chi connectivity index (χ2v) is 6.60. The highest BCUT2D eigenvalue weighted by atomic mass is 19.4. The summed E-state index contributed by atoms with van der Waals surface area (Å²) in [5.41, 5.74) is 1.38. The second kappa shape index (κ2) is 10.6. The number of hydrogen-bond donors (Lipinski definition) is 1. The molecule has 13 heteroatoms. The van der Waals surface area contributed by atoms with Crippen molar-refractivity contribution in [2.75, 3.05) is 13.7 Å². The van der Waals surface area contributed by atoms with Gasteiger partial charge in [0.1, 0.15) is 6.61 Å². The Morgan fingerprint density at radius 2 is 1.68 bits per heavy atom. The third-order valence-electron chi connectivity index (χ3n) is 4.24. The van der Waals surface area contributed by atoms with E-state index in [2.05, 4.69) is 5.10 Å². The molecule has 6 nitrogen and oxygen atoms in total. The quantitative estimate of drug-likeness (QED) is 0.162. The lowest BCUT2D eigenvalue weighted by atomic mass is 10.1. The number of para-hydroxylation sites is 1. The van der Waals surface area contributed by atoms with Crippen LogP contribution in [-0.4, -0.2) is 44.0 Å². The van der Waals surface area contributed by atoms with Gasteiger partial charge in [0.2, 0.25) is 0 Å². The molecule has 0 fully saturated rings. The number of ether oxygens (including phenoxy) is 3. The van der Waals surface area contributed by atoms with Crippen LogP contribution >= 0.6 is 0 Å². The Balaban J connectivity index is 2.19. The standard InChI is InChI=1S/C21H19F7N2O4/c1-3-33-18(31)14-9-7-13(8-10-14)12-34-17-15(5-4-6-16(17)32-2)11-29-30-21(27,28)19(22,23)20(24,25)26/h4-11,30H,3,12H2,1-2H3/b29-11-. The summed E-state index contributed by atoms with van der Waals surface area (Å²) in [6.07, 6.45) is -5.91. The maximum absolute atomic E-state index is 13.4. The van der Waals surface area contributed by atoms with Crippen LogP contribution in [0.3, 0.4) is 0 Å². The highest BCUT2D eigenvalue weighted by molar-refractivity contribution is 5.89. The molecule has 0 unspecified atom stereocenters. The summed E-state index contributed by atoms with van der Waals surface area (Å²) >= 11 is 0. The molecule has 0 aliphatic heterocycles. The molecular weight excluding hydrogens is 477 g/mol. The van der Waals surface area contributed by atoms with Gasteiger partial charge in [0.05, 0.1) is 25.5 Å². The predicted molar refractivity (Wildman–Crippen MR) is 106 cm³/mol. The summed E-state index contributed by atoms with van der Waals surface area (Å²) in [6.45, 7) is 1.77. The summed E-state index contributed by atoms with van der Waals surface area (Å²) in [6, 6.07) is 4.53. The molecule has 0 heterocycles.